The number of fused-ring (bicyclic) bond motifs is 1. The van der Waals surface area contributed by atoms with Gasteiger partial charge in [-0.1, -0.05) is 0 Å². The molecule has 130 valence electrons. The summed E-state index contributed by atoms with van der Waals surface area (Å²) in [6.45, 7) is 2.21. The van der Waals surface area contributed by atoms with Crippen LogP contribution in [0.4, 0.5) is 5.69 Å². The molecule has 1 aromatic carbocycles. The summed E-state index contributed by atoms with van der Waals surface area (Å²) < 4.78 is 1.69. The number of rotatable bonds is 3. The van der Waals surface area contributed by atoms with E-state index in [-0.39, 0.29) is 23.9 Å². The predicted molar refractivity (Wildman–Crippen MR) is 91.3 cm³/mol. The number of aliphatic hydroxyl groups excluding tert-OH is 1. The van der Waals surface area contributed by atoms with E-state index >= 15 is 0 Å². The minimum Gasteiger partial charge on any atom is -0.391 e. The lowest BCUT2D eigenvalue weighted by molar-refractivity contribution is -0.116. The second kappa shape index (κ2) is 6.00. The highest BCUT2D eigenvalue weighted by Gasteiger charge is 2.42. The number of amides is 2. The van der Waals surface area contributed by atoms with Gasteiger partial charge in [-0.2, -0.15) is 5.10 Å². The number of hydrogen-bond donors (Lipinski definition) is 2. The number of aliphatic hydroxyl groups is 1. The number of aromatic nitrogens is 2. The molecule has 7 nitrogen and oxygen atoms in total. The monoisotopic (exact) mass is 340 g/mol. The Balaban J connectivity index is 1.48. The SMILES string of the molecule is CC(=O)N1CCc2cc(C(=O)N[C@H]3C[C@@H](O)[C@@H]3n3cccn3)ccc21. The van der Waals surface area contributed by atoms with Crippen LogP contribution in [-0.2, 0) is 11.2 Å². The zero-order chi connectivity index (χ0) is 17.6. The molecule has 1 aliphatic heterocycles. The second-order valence-corrected chi connectivity index (χ2v) is 6.62. The van der Waals surface area contributed by atoms with E-state index in [0.29, 0.717) is 18.5 Å². The van der Waals surface area contributed by atoms with Crippen molar-refractivity contribution >= 4 is 17.5 Å². The van der Waals surface area contributed by atoms with Crippen molar-refractivity contribution in [3.05, 3.63) is 47.8 Å². The van der Waals surface area contributed by atoms with Gasteiger partial charge in [0.15, 0.2) is 0 Å². The van der Waals surface area contributed by atoms with Gasteiger partial charge in [-0.05, 0) is 42.7 Å². The molecule has 2 aromatic rings. The number of nitrogens with one attached hydrogen (secondary N) is 1. The first-order chi connectivity index (χ1) is 12.0. The van der Waals surface area contributed by atoms with Gasteiger partial charge in [-0.25, -0.2) is 0 Å². The highest BCUT2D eigenvalue weighted by atomic mass is 16.3. The van der Waals surface area contributed by atoms with Crippen molar-refractivity contribution in [3.8, 4) is 0 Å². The maximum atomic E-state index is 12.6. The van der Waals surface area contributed by atoms with E-state index < -0.39 is 6.10 Å². The number of nitrogens with zero attached hydrogens (tertiary/aromatic N) is 3. The third kappa shape index (κ3) is 2.70. The summed E-state index contributed by atoms with van der Waals surface area (Å²) >= 11 is 0. The van der Waals surface area contributed by atoms with E-state index in [4.69, 9.17) is 0 Å². The molecule has 0 radical (unpaired) electrons. The third-order valence-corrected chi connectivity index (χ3v) is 5.07. The normalized spacial score (nSPS) is 24.6. The van der Waals surface area contributed by atoms with Gasteiger partial charge in [-0.3, -0.25) is 14.3 Å². The summed E-state index contributed by atoms with van der Waals surface area (Å²) in [7, 11) is 0. The summed E-state index contributed by atoms with van der Waals surface area (Å²) in [6.07, 6.45) is 4.21. The molecule has 3 atom stereocenters. The molecule has 0 saturated heterocycles. The van der Waals surface area contributed by atoms with Crippen LogP contribution in [0, 0.1) is 0 Å². The Kier molecular flexibility index (Phi) is 3.80. The molecule has 1 fully saturated rings. The standard InChI is InChI=1S/C18H20N4O3/c1-11(23)21-8-5-12-9-13(3-4-15(12)21)18(25)20-14-10-16(24)17(14)22-7-2-6-19-22/h2-4,6-7,9,14,16-17,24H,5,8,10H2,1H3,(H,20,25)/t14-,16+,17+/m0/s1. The van der Waals surface area contributed by atoms with Crippen molar-refractivity contribution in [3.63, 3.8) is 0 Å². The topological polar surface area (TPSA) is 87.5 Å². The van der Waals surface area contributed by atoms with Crippen LogP contribution in [0.2, 0.25) is 0 Å². The first-order valence-electron chi connectivity index (χ1n) is 8.43. The minimum absolute atomic E-state index is 0.0153. The zero-order valence-electron chi connectivity index (χ0n) is 13.9. The first-order valence-corrected chi connectivity index (χ1v) is 8.43. The van der Waals surface area contributed by atoms with E-state index in [9.17, 15) is 14.7 Å². The molecular weight excluding hydrogens is 320 g/mol. The lowest BCUT2D eigenvalue weighted by atomic mass is 9.83. The van der Waals surface area contributed by atoms with Crippen LogP contribution in [0.25, 0.3) is 0 Å². The van der Waals surface area contributed by atoms with Crippen molar-refractivity contribution in [1.82, 2.24) is 15.1 Å². The van der Waals surface area contributed by atoms with Gasteiger partial charge in [0.2, 0.25) is 5.91 Å². The zero-order valence-corrected chi connectivity index (χ0v) is 13.9. The molecule has 2 amide bonds. The molecule has 4 rings (SSSR count). The fraction of sp³-hybridized carbons (Fsp3) is 0.389. The van der Waals surface area contributed by atoms with Gasteiger partial charge in [0.1, 0.15) is 0 Å². The summed E-state index contributed by atoms with van der Waals surface area (Å²) in [5.41, 5.74) is 2.47. The largest absolute Gasteiger partial charge is 0.391 e. The van der Waals surface area contributed by atoms with Crippen molar-refractivity contribution in [2.45, 2.75) is 38.0 Å². The number of anilines is 1. The van der Waals surface area contributed by atoms with Crippen LogP contribution in [0.5, 0.6) is 0 Å². The average Bonchev–Trinajstić information content (AvgIpc) is 3.22. The highest BCUT2D eigenvalue weighted by Crippen LogP contribution is 2.33. The Bertz CT molecular complexity index is 818. The molecule has 25 heavy (non-hydrogen) atoms. The van der Waals surface area contributed by atoms with Crippen LogP contribution in [0.15, 0.2) is 36.7 Å². The maximum Gasteiger partial charge on any atom is 0.251 e. The van der Waals surface area contributed by atoms with Crippen LogP contribution in [0.1, 0.15) is 35.3 Å². The molecule has 2 heterocycles. The molecule has 0 unspecified atom stereocenters. The third-order valence-electron chi connectivity index (χ3n) is 5.07. The Morgan fingerprint density at radius 2 is 2.20 bits per heavy atom. The maximum absolute atomic E-state index is 12.6. The Morgan fingerprint density at radius 1 is 1.36 bits per heavy atom. The predicted octanol–water partition coefficient (Wildman–Crippen LogP) is 0.896. The van der Waals surface area contributed by atoms with Gasteiger partial charge in [0.25, 0.3) is 5.91 Å². The highest BCUT2D eigenvalue weighted by molar-refractivity contribution is 5.98. The molecule has 0 spiro atoms. The molecule has 2 aliphatic rings. The van der Waals surface area contributed by atoms with Gasteiger partial charge < -0.3 is 15.3 Å². The quantitative estimate of drug-likeness (QED) is 0.869. The average molecular weight is 340 g/mol. The Labute approximate surface area is 145 Å². The van der Waals surface area contributed by atoms with E-state index in [2.05, 4.69) is 10.4 Å². The summed E-state index contributed by atoms with van der Waals surface area (Å²) in [6, 6.07) is 6.84. The summed E-state index contributed by atoms with van der Waals surface area (Å²) in [5.74, 6) is -0.153. The second-order valence-electron chi connectivity index (χ2n) is 6.62. The molecule has 2 N–H and O–H groups in total. The minimum atomic E-state index is -0.505. The summed E-state index contributed by atoms with van der Waals surface area (Å²) in [5, 5.41) is 17.1. The lowest BCUT2D eigenvalue weighted by Crippen LogP contribution is -2.56. The van der Waals surface area contributed by atoms with Gasteiger partial charge in [0.05, 0.1) is 18.2 Å². The first kappa shape index (κ1) is 15.8. The van der Waals surface area contributed by atoms with E-state index in [1.165, 1.54) is 0 Å². The molecule has 0 bridgehead atoms. The fourth-order valence-electron chi connectivity index (χ4n) is 3.70. The number of carbonyl (C=O) groups excluding carboxylic acids is 2. The van der Waals surface area contributed by atoms with Crippen molar-refractivity contribution in [2.24, 2.45) is 0 Å². The van der Waals surface area contributed by atoms with Crippen LogP contribution in [0.3, 0.4) is 0 Å². The number of carbonyl (C=O) groups is 2. The molecule has 1 aromatic heterocycles. The van der Waals surface area contributed by atoms with Gasteiger partial charge >= 0.3 is 0 Å². The van der Waals surface area contributed by atoms with Gasteiger partial charge in [0, 0.05) is 37.1 Å². The van der Waals surface area contributed by atoms with Crippen LogP contribution < -0.4 is 10.2 Å². The smallest absolute Gasteiger partial charge is 0.251 e. The Hall–Kier alpha value is -2.67. The fourth-order valence-corrected chi connectivity index (χ4v) is 3.70. The van der Waals surface area contributed by atoms with Crippen molar-refractivity contribution in [1.29, 1.82) is 0 Å². The Morgan fingerprint density at radius 3 is 2.88 bits per heavy atom. The molecule has 7 heteroatoms. The lowest BCUT2D eigenvalue weighted by Gasteiger charge is -2.41. The number of benzene rings is 1. The van der Waals surface area contributed by atoms with Crippen molar-refractivity contribution < 1.29 is 14.7 Å². The number of hydrogen-bond acceptors (Lipinski definition) is 4. The van der Waals surface area contributed by atoms with Crippen LogP contribution in [-0.4, -0.2) is 45.4 Å². The molecule has 1 saturated carbocycles. The molecular formula is C18H20N4O3. The van der Waals surface area contributed by atoms with Gasteiger partial charge in [-0.15, -0.1) is 0 Å². The molecule has 1 aliphatic carbocycles. The van der Waals surface area contributed by atoms with E-state index in [1.54, 1.807) is 41.0 Å². The van der Waals surface area contributed by atoms with E-state index in [0.717, 1.165) is 17.7 Å². The van der Waals surface area contributed by atoms with Crippen LogP contribution >= 0.6 is 0 Å². The van der Waals surface area contributed by atoms with E-state index in [1.807, 2.05) is 12.1 Å². The van der Waals surface area contributed by atoms with Crippen molar-refractivity contribution in [2.75, 3.05) is 11.4 Å². The summed E-state index contributed by atoms with van der Waals surface area (Å²) in [4.78, 5) is 25.9.